The molecule has 0 spiro atoms. The van der Waals surface area contributed by atoms with E-state index in [1.807, 2.05) is 0 Å². The molecule has 2 N–H and O–H groups in total. The van der Waals surface area contributed by atoms with Crippen molar-refractivity contribution >= 4 is 5.78 Å². The summed E-state index contributed by atoms with van der Waals surface area (Å²) in [6, 6.07) is 0. The Hall–Kier alpha value is -0.740. The highest BCUT2D eigenvalue weighted by Gasteiger charge is 2.57. The van der Waals surface area contributed by atoms with Gasteiger partial charge >= 0.3 is 0 Å². The largest absolute Gasteiger partial charge is 0.389 e. The number of rotatable bonds is 2. The summed E-state index contributed by atoms with van der Waals surface area (Å²) in [5.41, 5.74) is 1.17. The zero-order valence-electron chi connectivity index (χ0n) is 14.5. The van der Waals surface area contributed by atoms with Crippen LogP contribution in [0.4, 0.5) is 4.39 Å². The second-order valence-corrected chi connectivity index (χ2v) is 8.99. The molecule has 4 aliphatic rings. The third-order valence-corrected chi connectivity index (χ3v) is 8.00. The van der Waals surface area contributed by atoms with E-state index in [9.17, 15) is 19.4 Å². The molecule has 0 amide bonds. The maximum atomic E-state index is 14.0. The molecule has 0 aromatic heterocycles. The van der Waals surface area contributed by atoms with Gasteiger partial charge in [-0.3, -0.25) is 4.79 Å². The average molecular weight is 336 g/mol. The molecule has 0 aromatic rings. The molecule has 7 atom stereocenters. The maximum Gasteiger partial charge on any atom is 0.210 e. The molecule has 4 aliphatic carbocycles. The predicted octanol–water partition coefficient (Wildman–Crippen LogP) is 3.39. The third kappa shape index (κ3) is 2.40. The summed E-state index contributed by atoms with van der Waals surface area (Å²) in [6.45, 7) is 1.93. The van der Waals surface area contributed by atoms with Crippen molar-refractivity contribution in [2.75, 3.05) is 6.61 Å². The second-order valence-electron chi connectivity index (χ2n) is 8.99. The van der Waals surface area contributed by atoms with E-state index >= 15 is 0 Å². The van der Waals surface area contributed by atoms with Gasteiger partial charge in [0, 0.05) is 18.8 Å². The van der Waals surface area contributed by atoms with Crippen molar-refractivity contribution in [2.24, 2.45) is 35.0 Å². The lowest BCUT2D eigenvalue weighted by molar-refractivity contribution is -0.133. The first-order valence-corrected chi connectivity index (χ1v) is 9.59. The number of Topliss-reactive ketones (excluding diaryl/α,β-unsaturated/α-hetero) is 1. The Morgan fingerprint density at radius 3 is 2.79 bits per heavy atom. The number of fused-ring (bicyclic) bond motifs is 5. The number of alkyl halides is 1. The molecule has 0 bridgehead atoms. The molecule has 3 fully saturated rings. The van der Waals surface area contributed by atoms with E-state index in [-0.39, 0.29) is 36.6 Å². The Labute approximate surface area is 143 Å². The van der Waals surface area contributed by atoms with Crippen LogP contribution in [0.25, 0.3) is 0 Å². The number of allylic oxidation sites excluding steroid dienone is 1. The van der Waals surface area contributed by atoms with Crippen molar-refractivity contribution in [1.29, 1.82) is 0 Å². The Bertz CT molecular complexity index is 569. The number of carbonyl (C=O) groups is 1. The SMILES string of the molecule is C[C@]12CC[C@H]3[C@@H](CC=C4C[C@@](O)(F)CC[C@@H]43)[C@@H]1CC[C@@H]2C(=O)CO. The first kappa shape index (κ1) is 16.7. The minimum absolute atomic E-state index is 0.0149. The Balaban J connectivity index is 1.59. The van der Waals surface area contributed by atoms with Crippen LogP contribution < -0.4 is 0 Å². The highest BCUT2D eigenvalue weighted by molar-refractivity contribution is 5.83. The predicted molar refractivity (Wildman–Crippen MR) is 88.7 cm³/mol. The van der Waals surface area contributed by atoms with E-state index in [2.05, 4.69) is 13.0 Å². The summed E-state index contributed by atoms with van der Waals surface area (Å²) in [5, 5.41) is 19.1. The molecular weight excluding hydrogens is 307 g/mol. The zero-order chi connectivity index (χ0) is 17.1. The number of carbonyl (C=O) groups excluding carboxylic acids is 1. The van der Waals surface area contributed by atoms with Crippen molar-refractivity contribution in [3.05, 3.63) is 11.6 Å². The van der Waals surface area contributed by atoms with Gasteiger partial charge in [-0.05, 0) is 67.6 Å². The van der Waals surface area contributed by atoms with E-state index in [0.29, 0.717) is 23.7 Å². The zero-order valence-corrected chi connectivity index (χ0v) is 14.5. The lowest BCUT2D eigenvalue weighted by atomic mass is 9.51. The molecule has 4 heteroatoms. The summed E-state index contributed by atoms with van der Waals surface area (Å²) in [6.07, 6.45) is 8.49. The van der Waals surface area contributed by atoms with Gasteiger partial charge in [-0.15, -0.1) is 0 Å². The van der Waals surface area contributed by atoms with Gasteiger partial charge in [0.2, 0.25) is 5.85 Å². The summed E-state index contributed by atoms with van der Waals surface area (Å²) >= 11 is 0. The molecule has 3 saturated carbocycles. The van der Waals surface area contributed by atoms with Crippen molar-refractivity contribution < 1.29 is 19.4 Å². The van der Waals surface area contributed by atoms with Gasteiger partial charge in [-0.25, -0.2) is 4.39 Å². The standard InChI is InChI=1S/C20H29FO3/c1-19-8-6-14-13-7-9-20(21,24)10-12(13)2-3-15(14)16(19)4-5-17(19)18(23)11-22/h2,13-17,22,24H,3-11H2,1H3/t13-,14+,15+,16-,17+,19-,20+/m0/s1. The van der Waals surface area contributed by atoms with Crippen LogP contribution in [0, 0.1) is 35.0 Å². The van der Waals surface area contributed by atoms with Crippen molar-refractivity contribution in [3.63, 3.8) is 0 Å². The van der Waals surface area contributed by atoms with Gasteiger partial charge in [0.25, 0.3) is 0 Å². The van der Waals surface area contributed by atoms with Crippen molar-refractivity contribution in [3.8, 4) is 0 Å². The van der Waals surface area contributed by atoms with E-state index < -0.39 is 5.85 Å². The summed E-state index contributed by atoms with van der Waals surface area (Å²) in [7, 11) is 0. The molecule has 0 aromatic carbocycles. The number of aliphatic hydroxyl groups excluding tert-OH is 1. The van der Waals surface area contributed by atoms with E-state index in [4.69, 9.17) is 0 Å². The molecule has 0 saturated heterocycles. The van der Waals surface area contributed by atoms with Gasteiger partial charge in [-0.2, -0.15) is 0 Å². The van der Waals surface area contributed by atoms with Gasteiger partial charge in [-0.1, -0.05) is 18.6 Å². The molecule has 4 rings (SSSR count). The monoisotopic (exact) mass is 336 g/mol. The number of aliphatic hydroxyl groups is 2. The maximum absolute atomic E-state index is 14.0. The van der Waals surface area contributed by atoms with Crippen LogP contribution in [-0.4, -0.2) is 28.5 Å². The smallest absolute Gasteiger partial charge is 0.210 e. The lowest BCUT2D eigenvalue weighted by Gasteiger charge is -2.53. The van der Waals surface area contributed by atoms with E-state index in [1.165, 1.54) is 0 Å². The molecule has 0 heterocycles. The van der Waals surface area contributed by atoms with Crippen LogP contribution in [0.15, 0.2) is 11.6 Å². The molecule has 0 radical (unpaired) electrons. The van der Waals surface area contributed by atoms with Crippen LogP contribution in [0.3, 0.4) is 0 Å². The average Bonchev–Trinajstić information content (AvgIpc) is 2.90. The van der Waals surface area contributed by atoms with Gasteiger partial charge in [0.05, 0.1) is 0 Å². The van der Waals surface area contributed by atoms with Crippen molar-refractivity contribution in [1.82, 2.24) is 0 Å². The minimum atomic E-state index is -2.01. The Morgan fingerprint density at radius 1 is 1.25 bits per heavy atom. The molecule has 3 nitrogen and oxygen atoms in total. The normalized spacial score (nSPS) is 50.5. The molecule has 134 valence electrons. The summed E-state index contributed by atoms with van der Waals surface area (Å²) < 4.78 is 14.0. The Morgan fingerprint density at radius 2 is 2.04 bits per heavy atom. The van der Waals surface area contributed by atoms with Crippen LogP contribution in [0.2, 0.25) is 0 Å². The highest BCUT2D eigenvalue weighted by Crippen LogP contribution is 2.63. The number of halogens is 1. The lowest BCUT2D eigenvalue weighted by Crippen LogP contribution is -2.48. The van der Waals surface area contributed by atoms with Gasteiger partial charge in [0.15, 0.2) is 5.78 Å². The third-order valence-electron chi connectivity index (χ3n) is 8.00. The fraction of sp³-hybridized carbons (Fsp3) is 0.850. The fourth-order valence-corrected chi connectivity index (χ4v) is 6.89. The topological polar surface area (TPSA) is 57.5 Å². The molecule has 0 aliphatic heterocycles. The van der Waals surface area contributed by atoms with Crippen LogP contribution in [-0.2, 0) is 4.79 Å². The van der Waals surface area contributed by atoms with E-state index in [1.54, 1.807) is 0 Å². The minimum Gasteiger partial charge on any atom is -0.389 e. The fourth-order valence-electron chi connectivity index (χ4n) is 6.89. The van der Waals surface area contributed by atoms with Gasteiger partial charge < -0.3 is 10.2 Å². The first-order chi connectivity index (χ1) is 11.4. The van der Waals surface area contributed by atoms with Crippen LogP contribution >= 0.6 is 0 Å². The van der Waals surface area contributed by atoms with Crippen LogP contribution in [0.5, 0.6) is 0 Å². The van der Waals surface area contributed by atoms with Gasteiger partial charge in [0.1, 0.15) is 6.61 Å². The quantitative estimate of drug-likeness (QED) is 0.760. The summed E-state index contributed by atoms with van der Waals surface area (Å²) in [4.78, 5) is 12.2. The number of hydrogen-bond acceptors (Lipinski definition) is 3. The second kappa shape index (κ2) is 5.63. The van der Waals surface area contributed by atoms with E-state index in [0.717, 1.165) is 44.1 Å². The summed E-state index contributed by atoms with van der Waals surface area (Å²) in [5.74, 6) is 0.163. The van der Waals surface area contributed by atoms with Crippen molar-refractivity contribution in [2.45, 2.75) is 64.1 Å². The first-order valence-electron chi connectivity index (χ1n) is 9.59. The number of hydrogen-bond donors (Lipinski definition) is 2. The molecule has 0 unspecified atom stereocenters. The van der Waals surface area contributed by atoms with Crippen LogP contribution in [0.1, 0.15) is 58.3 Å². The molecular formula is C20H29FO3. The highest BCUT2D eigenvalue weighted by atomic mass is 19.2. The number of ketones is 1. The molecule has 24 heavy (non-hydrogen) atoms. The Kier molecular flexibility index (Phi) is 3.92.